The summed E-state index contributed by atoms with van der Waals surface area (Å²) >= 11 is 3.54. The second kappa shape index (κ2) is 10.8. The first-order chi connectivity index (χ1) is 17.6. The van der Waals surface area contributed by atoms with Crippen molar-refractivity contribution in [1.82, 2.24) is 0 Å². The smallest absolute Gasteiger partial charge is 0.185 e. The molecule has 0 aliphatic carbocycles. The normalized spacial score (nSPS) is 15.2. The number of methoxy groups -OCH3 is 1. The summed E-state index contributed by atoms with van der Waals surface area (Å²) < 4.78 is 6.22. The Bertz CT molecular complexity index is 1390. The van der Waals surface area contributed by atoms with Crippen molar-refractivity contribution in [1.29, 1.82) is 0 Å². The maximum absolute atomic E-state index is 12.5. The first-order valence-electron chi connectivity index (χ1n) is 11.7. The third-order valence-electron chi connectivity index (χ3n) is 6.23. The van der Waals surface area contributed by atoms with Crippen LogP contribution in [0.3, 0.4) is 0 Å². The van der Waals surface area contributed by atoms with Crippen LogP contribution in [-0.2, 0) is 0 Å². The third-order valence-corrected chi connectivity index (χ3v) is 6.76. The Kier molecular flexibility index (Phi) is 7.10. The van der Waals surface area contributed by atoms with Gasteiger partial charge in [-0.3, -0.25) is 9.80 Å². The summed E-state index contributed by atoms with van der Waals surface area (Å²) in [6, 6.07) is 34.1. The SMILES string of the molecule is COc1ccc(C(=O)C=Cc2ccc(N3N=C(c4ccccc4)CC3c3ccc(Br)cc3)cc2)cc1. The molecule has 0 amide bonds. The number of benzene rings is 4. The van der Waals surface area contributed by atoms with Gasteiger partial charge < -0.3 is 4.74 Å². The van der Waals surface area contributed by atoms with Gasteiger partial charge >= 0.3 is 0 Å². The Morgan fingerprint density at radius 3 is 2.28 bits per heavy atom. The lowest BCUT2D eigenvalue weighted by Crippen LogP contribution is -2.18. The van der Waals surface area contributed by atoms with E-state index in [1.54, 1.807) is 37.5 Å². The van der Waals surface area contributed by atoms with Crippen molar-refractivity contribution in [3.8, 4) is 5.75 Å². The molecule has 1 aliphatic rings. The quantitative estimate of drug-likeness (QED) is 0.179. The Morgan fingerprint density at radius 1 is 0.917 bits per heavy atom. The fraction of sp³-hybridized carbons (Fsp3) is 0.0968. The van der Waals surface area contributed by atoms with Crippen molar-refractivity contribution < 1.29 is 9.53 Å². The highest BCUT2D eigenvalue weighted by Gasteiger charge is 2.29. The number of hydrogen-bond donors (Lipinski definition) is 0. The Morgan fingerprint density at radius 2 is 1.61 bits per heavy atom. The van der Waals surface area contributed by atoms with Crippen LogP contribution in [0.2, 0.25) is 0 Å². The van der Waals surface area contributed by atoms with Gasteiger partial charge in [-0.05, 0) is 71.3 Å². The van der Waals surface area contributed by atoms with E-state index >= 15 is 0 Å². The zero-order valence-electron chi connectivity index (χ0n) is 19.8. The Hall–Kier alpha value is -3.96. The fourth-order valence-electron chi connectivity index (χ4n) is 4.26. The first kappa shape index (κ1) is 23.8. The summed E-state index contributed by atoms with van der Waals surface area (Å²) in [5, 5.41) is 7.12. The van der Waals surface area contributed by atoms with Gasteiger partial charge in [0, 0.05) is 16.5 Å². The summed E-state index contributed by atoms with van der Waals surface area (Å²) in [6.45, 7) is 0. The molecule has 5 rings (SSSR count). The van der Waals surface area contributed by atoms with Crippen molar-refractivity contribution in [2.45, 2.75) is 12.5 Å². The second-order valence-electron chi connectivity index (χ2n) is 8.55. The van der Waals surface area contributed by atoms with Crippen LogP contribution < -0.4 is 9.75 Å². The first-order valence-corrected chi connectivity index (χ1v) is 12.5. The highest BCUT2D eigenvalue weighted by Crippen LogP contribution is 2.37. The molecule has 1 aliphatic heterocycles. The number of ketones is 1. The van der Waals surface area contributed by atoms with E-state index in [1.807, 2.05) is 36.4 Å². The average molecular weight is 537 g/mol. The van der Waals surface area contributed by atoms with Gasteiger partial charge in [-0.1, -0.05) is 76.6 Å². The van der Waals surface area contributed by atoms with Crippen molar-refractivity contribution in [3.05, 3.63) is 136 Å². The van der Waals surface area contributed by atoms with Crippen LogP contribution in [0.25, 0.3) is 6.08 Å². The number of hydrazone groups is 1. The number of anilines is 1. The molecule has 0 saturated carbocycles. The van der Waals surface area contributed by atoms with Crippen molar-refractivity contribution >= 4 is 39.2 Å². The lowest BCUT2D eigenvalue weighted by atomic mass is 9.98. The zero-order valence-corrected chi connectivity index (χ0v) is 21.4. The van der Waals surface area contributed by atoms with E-state index < -0.39 is 0 Å². The van der Waals surface area contributed by atoms with E-state index in [9.17, 15) is 4.79 Å². The summed E-state index contributed by atoms with van der Waals surface area (Å²) in [7, 11) is 1.61. The van der Waals surface area contributed by atoms with Gasteiger partial charge in [0.15, 0.2) is 5.78 Å². The molecule has 5 heteroatoms. The van der Waals surface area contributed by atoms with Gasteiger partial charge in [-0.25, -0.2) is 0 Å². The topological polar surface area (TPSA) is 41.9 Å². The molecule has 0 N–H and O–H groups in total. The number of rotatable bonds is 7. The van der Waals surface area contributed by atoms with E-state index in [0.717, 1.165) is 39.2 Å². The van der Waals surface area contributed by atoms with E-state index in [2.05, 4.69) is 69.5 Å². The maximum atomic E-state index is 12.5. The molecule has 4 nitrogen and oxygen atoms in total. The van der Waals surface area contributed by atoms with Gasteiger partial charge in [0.2, 0.25) is 0 Å². The largest absolute Gasteiger partial charge is 0.497 e. The number of nitrogens with zero attached hydrogens (tertiary/aromatic N) is 2. The molecule has 0 spiro atoms. The summed E-state index contributed by atoms with van der Waals surface area (Å²) in [4.78, 5) is 12.5. The van der Waals surface area contributed by atoms with Crippen molar-refractivity contribution in [3.63, 3.8) is 0 Å². The van der Waals surface area contributed by atoms with Crippen LogP contribution >= 0.6 is 15.9 Å². The number of hydrogen-bond acceptors (Lipinski definition) is 4. The molecule has 0 bridgehead atoms. The second-order valence-corrected chi connectivity index (χ2v) is 9.46. The molecule has 0 aromatic heterocycles. The van der Waals surface area contributed by atoms with E-state index in [0.29, 0.717) is 5.56 Å². The highest BCUT2D eigenvalue weighted by molar-refractivity contribution is 9.10. The summed E-state index contributed by atoms with van der Waals surface area (Å²) in [5.74, 6) is 0.682. The van der Waals surface area contributed by atoms with Crippen LogP contribution in [0.5, 0.6) is 5.75 Å². The molecular weight excluding hydrogens is 512 g/mol. The third kappa shape index (κ3) is 5.31. The standard InChI is InChI=1S/C31H25BrN2O2/c1-36-28-18-12-25(13-19-28)31(35)20-9-22-7-16-27(17-8-22)34-30(24-10-14-26(32)15-11-24)21-29(33-34)23-5-3-2-4-6-23/h2-20,30H,21H2,1H3. The lowest BCUT2D eigenvalue weighted by molar-refractivity contribution is 0.104. The van der Waals surface area contributed by atoms with Gasteiger partial charge in [0.1, 0.15) is 5.75 Å². The number of ether oxygens (including phenoxy) is 1. The van der Waals surface area contributed by atoms with Gasteiger partial charge in [0.25, 0.3) is 0 Å². The van der Waals surface area contributed by atoms with Crippen molar-refractivity contribution in [2.75, 3.05) is 12.1 Å². The van der Waals surface area contributed by atoms with E-state index in [4.69, 9.17) is 9.84 Å². The van der Waals surface area contributed by atoms with Crippen LogP contribution in [0.1, 0.15) is 39.5 Å². The highest BCUT2D eigenvalue weighted by atomic mass is 79.9. The molecule has 0 fully saturated rings. The number of allylic oxidation sites excluding steroid dienone is 1. The van der Waals surface area contributed by atoms with Crippen LogP contribution in [-0.4, -0.2) is 18.6 Å². The van der Waals surface area contributed by atoms with Gasteiger partial charge in [0.05, 0.1) is 24.6 Å². The molecule has 4 aromatic rings. The molecule has 0 radical (unpaired) electrons. The minimum absolute atomic E-state index is 0.0475. The molecule has 0 saturated heterocycles. The number of halogens is 1. The molecule has 4 aromatic carbocycles. The van der Waals surface area contributed by atoms with E-state index in [-0.39, 0.29) is 11.8 Å². The zero-order chi connectivity index (χ0) is 24.9. The minimum atomic E-state index is -0.0475. The molecule has 178 valence electrons. The number of carbonyl (C=O) groups is 1. The molecular formula is C31H25BrN2O2. The fourth-order valence-corrected chi connectivity index (χ4v) is 4.52. The Labute approximate surface area is 219 Å². The van der Waals surface area contributed by atoms with Crippen molar-refractivity contribution in [2.24, 2.45) is 5.10 Å². The maximum Gasteiger partial charge on any atom is 0.185 e. The minimum Gasteiger partial charge on any atom is -0.497 e. The van der Waals surface area contributed by atoms with Crippen LogP contribution in [0.15, 0.2) is 119 Å². The summed E-state index contributed by atoms with van der Waals surface area (Å²) in [5.41, 5.74) is 6.00. The lowest BCUT2D eigenvalue weighted by Gasteiger charge is -2.24. The van der Waals surface area contributed by atoms with Crippen LogP contribution in [0, 0.1) is 0 Å². The van der Waals surface area contributed by atoms with Gasteiger partial charge in [-0.15, -0.1) is 0 Å². The predicted octanol–water partition coefficient (Wildman–Crippen LogP) is 7.71. The summed E-state index contributed by atoms with van der Waals surface area (Å²) in [6.07, 6.45) is 4.26. The van der Waals surface area contributed by atoms with Gasteiger partial charge in [-0.2, -0.15) is 5.10 Å². The molecule has 1 atom stereocenters. The molecule has 1 heterocycles. The molecule has 36 heavy (non-hydrogen) atoms. The Balaban J connectivity index is 1.38. The predicted molar refractivity (Wildman–Crippen MR) is 150 cm³/mol. The van der Waals surface area contributed by atoms with E-state index in [1.165, 1.54) is 5.56 Å². The monoisotopic (exact) mass is 536 g/mol. The number of carbonyl (C=O) groups excluding carboxylic acids is 1. The average Bonchev–Trinajstić information content (AvgIpc) is 3.38. The molecule has 1 unspecified atom stereocenters. The van der Waals surface area contributed by atoms with Crippen LogP contribution in [0.4, 0.5) is 5.69 Å².